The van der Waals surface area contributed by atoms with Gasteiger partial charge in [0.05, 0.1) is 35.3 Å². The van der Waals surface area contributed by atoms with Crippen molar-refractivity contribution in [3.63, 3.8) is 0 Å². The lowest BCUT2D eigenvalue weighted by molar-refractivity contribution is -0.143. The molecule has 3 N–H and O–H groups in total. The van der Waals surface area contributed by atoms with Crippen LogP contribution in [0.5, 0.6) is 5.75 Å². The maximum Gasteiger partial charge on any atom is 0.305 e. The maximum atomic E-state index is 15.1. The lowest BCUT2D eigenvalue weighted by Gasteiger charge is -2.50. The molecule has 6 atom stereocenters. The average Bonchev–Trinajstić information content (AvgIpc) is 3.42. The molecule has 2 heterocycles. The van der Waals surface area contributed by atoms with E-state index in [1.807, 2.05) is 43.3 Å². The number of amides is 4. The zero-order chi connectivity index (χ0) is 33.2. The van der Waals surface area contributed by atoms with Gasteiger partial charge in [0.1, 0.15) is 5.75 Å². The number of allylic oxidation sites excluding steroid dienone is 2. The highest BCUT2D eigenvalue weighted by Gasteiger charge is 2.70. The summed E-state index contributed by atoms with van der Waals surface area (Å²) in [5.41, 5.74) is 4.94. The molecule has 240 valence electrons. The van der Waals surface area contributed by atoms with Gasteiger partial charge in [-0.1, -0.05) is 77.3 Å². The van der Waals surface area contributed by atoms with Crippen LogP contribution in [-0.2, 0) is 29.4 Å². The summed E-state index contributed by atoms with van der Waals surface area (Å²) in [6.45, 7) is 1.69. The molecule has 10 nitrogen and oxygen atoms in total. The number of halogens is 1. The molecule has 4 amide bonds. The number of carbonyl (C=O) groups excluding carboxylic acids is 4. The van der Waals surface area contributed by atoms with E-state index in [-0.39, 0.29) is 36.6 Å². The van der Waals surface area contributed by atoms with Crippen molar-refractivity contribution in [2.45, 2.75) is 37.5 Å². The standard InChI is InChI=1S/C36H32ClN3O7/c1-19-7-9-21(10-8-19)38-40-33(45)27-18-26-23(13-14-25-30(26)34(46)39(32(25)44)16-15-29(42)43)31(24-12-11-22(41)17-28(24)37)36(27,35(40)47)20-5-3-2-4-6-20/h2-13,17,25-27,30-31,38,41H,14-16,18H2,1H3,(H,42,43)/t25-,26+,27-,30-,31+,36+/m0/s1. The first-order chi connectivity index (χ1) is 22.5. The highest BCUT2D eigenvalue weighted by molar-refractivity contribution is 6.31. The van der Waals surface area contributed by atoms with Crippen LogP contribution < -0.4 is 5.43 Å². The number of hydrazine groups is 1. The van der Waals surface area contributed by atoms with Gasteiger partial charge in [-0.25, -0.2) is 0 Å². The van der Waals surface area contributed by atoms with Gasteiger partial charge in [-0.3, -0.25) is 34.3 Å². The average molecular weight is 654 g/mol. The molecule has 4 aliphatic rings. The van der Waals surface area contributed by atoms with Crippen molar-refractivity contribution in [3.05, 3.63) is 106 Å². The molecule has 2 saturated heterocycles. The first kappa shape index (κ1) is 30.7. The van der Waals surface area contributed by atoms with Crippen molar-refractivity contribution in [3.8, 4) is 5.75 Å². The second kappa shape index (κ2) is 11.4. The fraction of sp³-hybridized carbons (Fsp3) is 0.306. The number of hydrogen-bond acceptors (Lipinski definition) is 7. The Morgan fingerprint density at radius 2 is 1.68 bits per heavy atom. The van der Waals surface area contributed by atoms with Gasteiger partial charge in [0.15, 0.2) is 0 Å². The van der Waals surface area contributed by atoms with E-state index in [0.717, 1.165) is 21.0 Å². The van der Waals surface area contributed by atoms with Crippen molar-refractivity contribution in [1.82, 2.24) is 9.91 Å². The Hall–Kier alpha value is -4.96. The molecule has 7 rings (SSSR count). The summed E-state index contributed by atoms with van der Waals surface area (Å²) in [5.74, 6) is -6.97. The molecule has 3 aromatic carbocycles. The Morgan fingerprint density at radius 1 is 0.957 bits per heavy atom. The van der Waals surface area contributed by atoms with E-state index in [9.17, 15) is 29.4 Å². The minimum absolute atomic E-state index is 0.0729. The van der Waals surface area contributed by atoms with E-state index in [1.54, 1.807) is 30.3 Å². The highest BCUT2D eigenvalue weighted by Crippen LogP contribution is 2.64. The molecule has 3 aromatic rings. The number of phenolic OH excluding ortho intramolecular Hbond substituents is 1. The van der Waals surface area contributed by atoms with Crippen LogP contribution in [0.2, 0.25) is 5.02 Å². The number of rotatable bonds is 7. The monoisotopic (exact) mass is 653 g/mol. The topological polar surface area (TPSA) is 144 Å². The number of nitrogens with zero attached hydrogens (tertiary/aromatic N) is 2. The molecule has 2 aliphatic heterocycles. The van der Waals surface area contributed by atoms with Gasteiger partial charge in [-0.15, -0.1) is 0 Å². The second-order valence-electron chi connectivity index (χ2n) is 12.8. The van der Waals surface area contributed by atoms with Crippen LogP contribution in [0.25, 0.3) is 0 Å². The van der Waals surface area contributed by atoms with Gasteiger partial charge in [0, 0.05) is 17.5 Å². The van der Waals surface area contributed by atoms with Crippen molar-refractivity contribution >= 4 is 46.9 Å². The molecule has 1 saturated carbocycles. The number of carboxylic acid groups (broad SMARTS) is 1. The van der Waals surface area contributed by atoms with Crippen molar-refractivity contribution in [1.29, 1.82) is 0 Å². The zero-order valence-electron chi connectivity index (χ0n) is 25.4. The van der Waals surface area contributed by atoms with Gasteiger partial charge >= 0.3 is 5.97 Å². The lowest BCUT2D eigenvalue weighted by Crippen LogP contribution is -2.53. The number of anilines is 1. The summed E-state index contributed by atoms with van der Waals surface area (Å²) in [7, 11) is 0. The lowest BCUT2D eigenvalue weighted by atomic mass is 9.49. The number of carbonyl (C=O) groups is 5. The largest absolute Gasteiger partial charge is 0.508 e. The normalized spacial score (nSPS) is 28.1. The molecule has 3 fully saturated rings. The van der Waals surface area contributed by atoms with Crippen LogP contribution in [0, 0.1) is 30.6 Å². The molecule has 0 spiro atoms. The number of likely N-dealkylation sites (tertiary alicyclic amines) is 1. The third-order valence-electron chi connectivity index (χ3n) is 10.3. The van der Waals surface area contributed by atoms with E-state index >= 15 is 4.79 Å². The molecular formula is C36H32ClN3O7. The molecule has 0 bridgehead atoms. The number of hydrogen-bond donors (Lipinski definition) is 3. The maximum absolute atomic E-state index is 15.1. The molecular weight excluding hydrogens is 622 g/mol. The van der Waals surface area contributed by atoms with Crippen LogP contribution >= 0.6 is 11.6 Å². The van der Waals surface area contributed by atoms with Gasteiger partial charge < -0.3 is 10.2 Å². The van der Waals surface area contributed by atoms with Crippen LogP contribution in [0.3, 0.4) is 0 Å². The van der Waals surface area contributed by atoms with Gasteiger partial charge in [-0.05, 0) is 61.1 Å². The summed E-state index contributed by atoms with van der Waals surface area (Å²) in [6.07, 6.45) is 1.84. The van der Waals surface area contributed by atoms with E-state index in [1.165, 1.54) is 12.1 Å². The van der Waals surface area contributed by atoms with Crippen LogP contribution in [0.4, 0.5) is 5.69 Å². The smallest absolute Gasteiger partial charge is 0.305 e. The van der Waals surface area contributed by atoms with Crippen LogP contribution in [-0.4, -0.2) is 56.3 Å². The Morgan fingerprint density at radius 3 is 2.36 bits per heavy atom. The van der Waals surface area contributed by atoms with E-state index in [2.05, 4.69) is 5.43 Å². The fourth-order valence-electron chi connectivity index (χ4n) is 8.33. The first-order valence-electron chi connectivity index (χ1n) is 15.6. The molecule has 2 aliphatic carbocycles. The van der Waals surface area contributed by atoms with E-state index < -0.39 is 64.6 Å². The molecule has 0 unspecified atom stereocenters. The summed E-state index contributed by atoms with van der Waals surface area (Å²) < 4.78 is 0. The SMILES string of the molecule is Cc1ccc(NN2C(=O)[C@@H]3C[C@@H]4C(=CC[C@@H]5C(=O)N(CCC(=O)O)C(=O)[C@@H]54)[C@H](c4ccc(O)cc4Cl)[C@]3(c3ccccc3)C2=O)cc1. The Kier molecular flexibility index (Phi) is 7.43. The number of imide groups is 2. The number of benzene rings is 3. The Balaban J connectivity index is 1.42. The summed E-state index contributed by atoms with van der Waals surface area (Å²) in [4.78, 5) is 69.5. The Labute approximate surface area is 275 Å². The number of fused-ring (bicyclic) bond motifs is 4. The Bertz CT molecular complexity index is 1860. The van der Waals surface area contributed by atoms with E-state index in [0.29, 0.717) is 16.8 Å². The predicted molar refractivity (Wildman–Crippen MR) is 171 cm³/mol. The molecule has 0 aromatic heterocycles. The predicted octanol–water partition coefficient (Wildman–Crippen LogP) is 4.81. The first-order valence-corrected chi connectivity index (χ1v) is 15.9. The van der Waals surface area contributed by atoms with Crippen LogP contribution in [0.15, 0.2) is 84.4 Å². The minimum atomic E-state index is -1.49. The third-order valence-corrected chi connectivity index (χ3v) is 10.7. The summed E-state index contributed by atoms with van der Waals surface area (Å²) in [6, 6.07) is 20.9. The number of phenols is 1. The second-order valence-corrected chi connectivity index (χ2v) is 13.2. The van der Waals surface area contributed by atoms with Gasteiger partial charge in [-0.2, -0.15) is 5.01 Å². The number of aryl methyl sites for hydroxylation is 1. The number of aromatic hydroxyl groups is 1. The van der Waals surface area contributed by atoms with Gasteiger partial charge in [0.25, 0.3) is 11.8 Å². The number of nitrogens with one attached hydrogen (secondary N) is 1. The summed E-state index contributed by atoms with van der Waals surface area (Å²) >= 11 is 6.86. The molecule has 11 heteroatoms. The van der Waals surface area contributed by atoms with Gasteiger partial charge in [0.2, 0.25) is 11.8 Å². The minimum Gasteiger partial charge on any atom is -0.508 e. The number of carboxylic acids is 1. The van der Waals surface area contributed by atoms with Crippen molar-refractivity contribution in [2.75, 3.05) is 12.0 Å². The zero-order valence-corrected chi connectivity index (χ0v) is 26.2. The fourth-order valence-corrected chi connectivity index (χ4v) is 8.62. The van der Waals surface area contributed by atoms with Crippen LogP contribution in [0.1, 0.15) is 41.9 Å². The van der Waals surface area contributed by atoms with Crippen molar-refractivity contribution < 1.29 is 34.2 Å². The van der Waals surface area contributed by atoms with Crippen molar-refractivity contribution in [2.24, 2.45) is 23.7 Å². The summed E-state index contributed by atoms with van der Waals surface area (Å²) in [5, 5.41) is 20.8. The molecule has 47 heavy (non-hydrogen) atoms. The quantitative estimate of drug-likeness (QED) is 0.243. The van der Waals surface area contributed by atoms with E-state index in [4.69, 9.17) is 11.6 Å². The highest BCUT2D eigenvalue weighted by atomic mass is 35.5. The molecule has 0 radical (unpaired) electrons. The third kappa shape index (κ3) is 4.65. The number of aliphatic carboxylic acids is 1.